The van der Waals surface area contributed by atoms with Gasteiger partial charge in [-0.15, -0.1) is 0 Å². The molecule has 0 aliphatic heterocycles. The molecule has 0 radical (unpaired) electrons. The Morgan fingerprint density at radius 3 is 2.34 bits per heavy atom. The van der Waals surface area contributed by atoms with Gasteiger partial charge in [-0.2, -0.15) is 13.2 Å². The fourth-order valence-corrected chi connectivity index (χ4v) is 4.22. The van der Waals surface area contributed by atoms with Crippen LogP contribution in [-0.2, 0) is 11.0 Å². The molecule has 10 heteroatoms. The number of nitrogens with one attached hydrogen (secondary N) is 1. The number of hydrogen-bond donors (Lipinski definition) is 2. The second-order valence-electron chi connectivity index (χ2n) is 8.62. The number of carbonyl (C=O) groups excluding carboxylic acids is 1. The Kier molecular flexibility index (Phi) is 8.24. The van der Waals surface area contributed by atoms with Crippen molar-refractivity contribution in [3.05, 3.63) is 58.9 Å². The summed E-state index contributed by atoms with van der Waals surface area (Å²) in [5.41, 5.74) is -1.07. The zero-order chi connectivity index (χ0) is 25.8. The quantitative estimate of drug-likeness (QED) is 0.463. The molecule has 2 aromatic rings. The minimum absolute atomic E-state index is 0.0707. The van der Waals surface area contributed by atoms with E-state index in [-0.39, 0.29) is 29.3 Å². The highest BCUT2D eigenvalue weighted by molar-refractivity contribution is 5.94. The summed E-state index contributed by atoms with van der Waals surface area (Å²) in [6.45, 7) is 1.72. The van der Waals surface area contributed by atoms with E-state index in [1.807, 2.05) is 0 Å². The van der Waals surface area contributed by atoms with Gasteiger partial charge in [0.2, 0.25) is 0 Å². The number of ether oxygens (including phenoxy) is 2. The monoisotopic (exact) mass is 497 g/mol. The second kappa shape index (κ2) is 11.0. The first kappa shape index (κ1) is 26.3. The number of carbonyl (C=O) groups is 2. The van der Waals surface area contributed by atoms with Crippen LogP contribution in [0.1, 0.15) is 60.2 Å². The number of methoxy groups -OCH3 is 1. The normalized spacial score (nSPS) is 19.0. The van der Waals surface area contributed by atoms with E-state index in [1.54, 1.807) is 0 Å². The number of alkyl halides is 3. The Bertz CT molecular complexity index is 1060. The lowest BCUT2D eigenvalue weighted by Gasteiger charge is -2.26. The number of hydrogen-bond acceptors (Lipinski definition) is 4. The van der Waals surface area contributed by atoms with Crippen LogP contribution in [0.3, 0.4) is 0 Å². The van der Waals surface area contributed by atoms with E-state index in [9.17, 15) is 27.2 Å². The van der Waals surface area contributed by atoms with Gasteiger partial charge in [0, 0.05) is 17.7 Å². The molecular formula is C25H27F4NO5. The molecule has 190 valence electrons. The number of halogens is 4. The fraction of sp³-hybridized carbons (Fsp3) is 0.440. The molecule has 0 heterocycles. The lowest BCUT2D eigenvalue weighted by molar-refractivity contribution is -0.143. The molecule has 1 aliphatic carbocycles. The van der Waals surface area contributed by atoms with E-state index in [0.29, 0.717) is 25.7 Å². The van der Waals surface area contributed by atoms with E-state index >= 15 is 0 Å². The van der Waals surface area contributed by atoms with Crippen LogP contribution in [-0.4, -0.2) is 30.6 Å². The third kappa shape index (κ3) is 6.64. The molecule has 0 aromatic heterocycles. The fourth-order valence-electron chi connectivity index (χ4n) is 4.22. The number of carboxylic acid groups (broad SMARTS) is 1. The van der Waals surface area contributed by atoms with Gasteiger partial charge in [0.15, 0.2) is 0 Å². The van der Waals surface area contributed by atoms with E-state index < -0.39 is 47.2 Å². The largest absolute Gasteiger partial charge is 0.496 e. The minimum atomic E-state index is -4.80. The summed E-state index contributed by atoms with van der Waals surface area (Å²) in [4.78, 5) is 23.6. The molecule has 0 bridgehead atoms. The average molecular weight is 497 g/mol. The molecule has 1 aliphatic rings. The molecule has 0 saturated heterocycles. The van der Waals surface area contributed by atoms with Crippen LogP contribution in [0.2, 0.25) is 0 Å². The summed E-state index contributed by atoms with van der Waals surface area (Å²) in [5, 5.41) is 11.7. The van der Waals surface area contributed by atoms with Gasteiger partial charge >= 0.3 is 12.1 Å². The highest BCUT2D eigenvalue weighted by Gasteiger charge is 2.36. The maximum Gasteiger partial charge on any atom is 0.419 e. The molecule has 35 heavy (non-hydrogen) atoms. The molecule has 1 amide bonds. The van der Waals surface area contributed by atoms with Crippen LogP contribution in [0, 0.1) is 17.7 Å². The topological polar surface area (TPSA) is 84.9 Å². The minimum Gasteiger partial charge on any atom is -0.496 e. The number of benzene rings is 2. The standard InChI is InChI=1S/C25H27F4NO5/c1-14(19-12-18(26)8-10-21(19)34-2)35-22-9-7-17(11-20(22)25(27,28)29)23(31)30-13-15-3-5-16(6-4-15)24(32)33/h7-12,14-16H,3-6,13H2,1-2H3,(H,30,31)(H,32,33)/t14-,15?,16?/m0/s1. The lowest BCUT2D eigenvalue weighted by Crippen LogP contribution is -2.32. The Morgan fingerprint density at radius 2 is 1.74 bits per heavy atom. The number of amides is 1. The van der Waals surface area contributed by atoms with Crippen molar-refractivity contribution >= 4 is 11.9 Å². The predicted molar refractivity (Wildman–Crippen MR) is 119 cm³/mol. The lowest BCUT2D eigenvalue weighted by atomic mass is 9.82. The van der Waals surface area contributed by atoms with E-state index in [0.717, 1.165) is 18.2 Å². The summed E-state index contributed by atoms with van der Waals surface area (Å²) >= 11 is 0. The van der Waals surface area contributed by atoms with Crippen molar-refractivity contribution in [3.63, 3.8) is 0 Å². The molecule has 2 aromatic carbocycles. The van der Waals surface area contributed by atoms with Crippen LogP contribution in [0.4, 0.5) is 17.6 Å². The molecule has 3 rings (SSSR count). The third-order valence-electron chi connectivity index (χ3n) is 6.23. The van der Waals surface area contributed by atoms with Gasteiger partial charge in [-0.1, -0.05) is 0 Å². The molecule has 1 fully saturated rings. The maximum absolute atomic E-state index is 13.8. The van der Waals surface area contributed by atoms with E-state index in [2.05, 4.69) is 5.32 Å². The van der Waals surface area contributed by atoms with Crippen molar-refractivity contribution < 1.29 is 41.7 Å². The molecule has 0 spiro atoms. The van der Waals surface area contributed by atoms with Gasteiger partial charge < -0.3 is 19.9 Å². The van der Waals surface area contributed by atoms with Crippen molar-refractivity contribution in [1.29, 1.82) is 0 Å². The molecule has 0 unspecified atom stereocenters. The van der Waals surface area contributed by atoms with Crippen molar-refractivity contribution in [1.82, 2.24) is 5.32 Å². The molecule has 6 nitrogen and oxygen atoms in total. The number of rotatable bonds is 8. The molecule has 1 atom stereocenters. The zero-order valence-electron chi connectivity index (χ0n) is 19.3. The predicted octanol–water partition coefficient (Wildman–Crippen LogP) is 5.61. The molecular weight excluding hydrogens is 470 g/mol. The van der Waals surface area contributed by atoms with E-state index in [4.69, 9.17) is 14.6 Å². The van der Waals surface area contributed by atoms with Crippen molar-refractivity contribution in [2.75, 3.05) is 13.7 Å². The van der Waals surface area contributed by atoms with Crippen LogP contribution in [0.15, 0.2) is 36.4 Å². The van der Waals surface area contributed by atoms with Crippen LogP contribution < -0.4 is 14.8 Å². The maximum atomic E-state index is 13.8. The number of aliphatic carboxylic acids is 1. The number of carboxylic acids is 1. The summed E-state index contributed by atoms with van der Waals surface area (Å²) in [6, 6.07) is 6.68. The first-order valence-electron chi connectivity index (χ1n) is 11.2. The van der Waals surface area contributed by atoms with Gasteiger partial charge in [-0.3, -0.25) is 9.59 Å². The molecule has 2 N–H and O–H groups in total. The SMILES string of the molecule is COc1ccc(F)cc1[C@H](C)Oc1ccc(C(=O)NCC2CCC(C(=O)O)CC2)cc1C(F)(F)F. The summed E-state index contributed by atoms with van der Waals surface area (Å²) in [7, 11) is 1.36. The highest BCUT2D eigenvalue weighted by atomic mass is 19.4. The summed E-state index contributed by atoms with van der Waals surface area (Å²) < 4.78 is 65.7. The van der Waals surface area contributed by atoms with E-state index in [1.165, 1.54) is 32.2 Å². The highest BCUT2D eigenvalue weighted by Crippen LogP contribution is 2.39. The van der Waals surface area contributed by atoms with Gasteiger partial charge in [0.1, 0.15) is 23.4 Å². The second-order valence-corrected chi connectivity index (χ2v) is 8.62. The van der Waals surface area contributed by atoms with Crippen molar-refractivity contribution in [3.8, 4) is 11.5 Å². The van der Waals surface area contributed by atoms with Gasteiger partial charge in [-0.25, -0.2) is 4.39 Å². The summed E-state index contributed by atoms with van der Waals surface area (Å²) in [5.74, 6) is -2.64. The first-order chi connectivity index (χ1) is 16.5. The Labute approximate surface area is 200 Å². The first-order valence-corrected chi connectivity index (χ1v) is 11.2. The third-order valence-corrected chi connectivity index (χ3v) is 6.23. The zero-order valence-corrected chi connectivity index (χ0v) is 19.3. The Hall–Kier alpha value is -3.30. The summed E-state index contributed by atoms with van der Waals surface area (Å²) in [6.07, 6.45) is -3.50. The van der Waals surface area contributed by atoms with Gasteiger partial charge in [0.05, 0.1) is 18.6 Å². The van der Waals surface area contributed by atoms with Crippen molar-refractivity contribution in [2.45, 2.75) is 44.9 Å². The van der Waals surface area contributed by atoms with Gasteiger partial charge in [-0.05, 0) is 74.9 Å². The van der Waals surface area contributed by atoms with Crippen LogP contribution in [0.5, 0.6) is 11.5 Å². The molecule has 1 saturated carbocycles. The van der Waals surface area contributed by atoms with Crippen LogP contribution in [0.25, 0.3) is 0 Å². The van der Waals surface area contributed by atoms with Gasteiger partial charge in [0.25, 0.3) is 5.91 Å². The van der Waals surface area contributed by atoms with Crippen LogP contribution >= 0.6 is 0 Å². The Balaban J connectivity index is 1.72. The Morgan fingerprint density at radius 1 is 1.09 bits per heavy atom. The smallest absolute Gasteiger partial charge is 0.419 e. The average Bonchev–Trinajstić information content (AvgIpc) is 2.82. The van der Waals surface area contributed by atoms with Crippen molar-refractivity contribution in [2.24, 2.45) is 11.8 Å².